The van der Waals surface area contributed by atoms with Crippen molar-refractivity contribution in [1.29, 1.82) is 0 Å². The maximum atomic E-state index is 13.6. The molecule has 3 heterocycles. The van der Waals surface area contributed by atoms with Gasteiger partial charge in [0.25, 0.3) is 0 Å². The molecule has 0 aliphatic rings. The number of ether oxygens (including phenoxy) is 1. The van der Waals surface area contributed by atoms with Gasteiger partial charge in [-0.2, -0.15) is 31.6 Å². The van der Waals surface area contributed by atoms with Crippen molar-refractivity contribution in [3.63, 3.8) is 0 Å². The molecular weight excluding hydrogens is 361 g/mol. The van der Waals surface area contributed by atoms with Gasteiger partial charge < -0.3 is 4.74 Å². The second kappa shape index (κ2) is 6.15. The standard InChI is InChI=1S/C15H12F5N5O/c1-8-5-12(26-7-15(18,19)20)21-6-9(8)10-3-4-11-22-23-13(14(2,16)17)25(11)24-10/h3-6H,7H2,1-2H3. The number of hydrogen-bond donors (Lipinski definition) is 0. The summed E-state index contributed by atoms with van der Waals surface area (Å²) in [6, 6.07) is 4.30. The summed E-state index contributed by atoms with van der Waals surface area (Å²) >= 11 is 0. The summed E-state index contributed by atoms with van der Waals surface area (Å²) in [5.74, 6) is -4.06. The third-order valence-corrected chi connectivity index (χ3v) is 3.40. The highest BCUT2D eigenvalue weighted by atomic mass is 19.4. The Kier molecular flexibility index (Phi) is 4.24. The molecule has 26 heavy (non-hydrogen) atoms. The van der Waals surface area contributed by atoms with Gasteiger partial charge >= 0.3 is 12.1 Å². The lowest BCUT2D eigenvalue weighted by molar-refractivity contribution is -0.154. The molecule has 0 amide bonds. The van der Waals surface area contributed by atoms with Crippen molar-refractivity contribution in [1.82, 2.24) is 24.8 Å². The zero-order valence-corrected chi connectivity index (χ0v) is 13.6. The van der Waals surface area contributed by atoms with Crippen molar-refractivity contribution in [2.75, 3.05) is 6.61 Å². The van der Waals surface area contributed by atoms with Gasteiger partial charge in [-0.05, 0) is 24.6 Å². The predicted molar refractivity (Wildman–Crippen MR) is 79.9 cm³/mol. The molecule has 0 radical (unpaired) electrons. The van der Waals surface area contributed by atoms with E-state index in [1.54, 1.807) is 6.92 Å². The van der Waals surface area contributed by atoms with Crippen molar-refractivity contribution in [3.05, 3.63) is 35.8 Å². The van der Waals surface area contributed by atoms with E-state index in [0.29, 0.717) is 18.1 Å². The summed E-state index contributed by atoms with van der Waals surface area (Å²) in [5, 5.41) is 11.2. The van der Waals surface area contributed by atoms with E-state index in [2.05, 4.69) is 25.0 Å². The summed E-state index contributed by atoms with van der Waals surface area (Å²) in [6.45, 7) is 0.834. The Morgan fingerprint density at radius 2 is 1.85 bits per heavy atom. The molecule has 0 aromatic carbocycles. The Labute approximate surface area is 143 Å². The van der Waals surface area contributed by atoms with E-state index < -0.39 is 24.5 Å². The fourth-order valence-corrected chi connectivity index (χ4v) is 2.24. The Bertz CT molecular complexity index is 948. The predicted octanol–water partition coefficient (Wildman–Crippen LogP) is 3.55. The summed E-state index contributed by atoms with van der Waals surface area (Å²) in [7, 11) is 0. The number of rotatable bonds is 4. The first kappa shape index (κ1) is 18.0. The molecule has 138 valence electrons. The number of nitrogens with zero attached hydrogens (tertiary/aromatic N) is 5. The molecule has 0 unspecified atom stereocenters. The molecular formula is C15H12F5N5O. The zero-order chi connectivity index (χ0) is 19.1. The minimum atomic E-state index is -4.48. The Morgan fingerprint density at radius 1 is 1.12 bits per heavy atom. The van der Waals surface area contributed by atoms with Gasteiger partial charge in [-0.3, -0.25) is 0 Å². The van der Waals surface area contributed by atoms with Gasteiger partial charge in [-0.15, -0.1) is 10.2 Å². The minimum Gasteiger partial charge on any atom is -0.468 e. The number of halogens is 5. The third kappa shape index (κ3) is 3.70. The smallest absolute Gasteiger partial charge is 0.422 e. The van der Waals surface area contributed by atoms with E-state index in [9.17, 15) is 22.0 Å². The number of pyridine rings is 1. The van der Waals surface area contributed by atoms with Crippen molar-refractivity contribution in [3.8, 4) is 17.1 Å². The van der Waals surface area contributed by atoms with Crippen LogP contribution in [0, 0.1) is 6.92 Å². The average molecular weight is 373 g/mol. The van der Waals surface area contributed by atoms with E-state index in [4.69, 9.17) is 0 Å². The summed E-state index contributed by atoms with van der Waals surface area (Å²) in [6.07, 6.45) is -3.21. The lowest BCUT2D eigenvalue weighted by Gasteiger charge is -2.11. The molecule has 0 saturated carbocycles. The summed E-state index contributed by atoms with van der Waals surface area (Å²) in [5.41, 5.74) is 1.39. The fraction of sp³-hybridized carbons (Fsp3) is 0.333. The Morgan fingerprint density at radius 3 is 2.46 bits per heavy atom. The zero-order valence-electron chi connectivity index (χ0n) is 13.6. The molecule has 0 spiro atoms. The topological polar surface area (TPSA) is 65.2 Å². The minimum absolute atomic E-state index is 0.140. The SMILES string of the molecule is Cc1cc(OCC(F)(F)F)ncc1-c1ccc2nnc(C(C)(F)F)n2n1. The van der Waals surface area contributed by atoms with Gasteiger partial charge in [-0.25, -0.2) is 4.98 Å². The van der Waals surface area contributed by atoms with Gasteiger partial charge in [0.05, 0.1) is 5.69 Å². The second-order valence-electron chi connectivity index (χ2n) is 5.64. The Balaban J connectivity index is 1.96. The van der Waals surface area contributed by atoms with E-state index in [-0.39, 0.29) is 17.2 Å². The van der Waals surface area contributed by atoms with E-state index in [1.807, 2.05) is 0 Å². The number of fused-ring (bicyclic) bond motifs is 1. The lowest BCUT2D eigenvalue weighted by Crippen LogP contribution is -2.19. The highest BCUT2D eigenvalue weighted by molar-refractivity contribution is 5.63. The largest absolute Gasteiger partial charge is 0.468 e. The molecule has 6 nitrogen and oxygen atoms in total. The van der Waals surface area contributed by atoms with Gasteiger partial charge in [0.1, 0.15) is 0 Å². The Hall–Kier alpha value is -2.85. The van der Waals surface area contributed by atoms with Crippen LogP contribution in [0.5, 0.6) is 5.88 Å². The van der Waals surface area contributed by atoms with Gasteiger partial charge in [-0.1, -0.05) is 0 Å². The first-order chi connectivity index (χ1) is 12.0. The van der Waals surface area contributed by atoms with Crippen LogP contribution in [0.4, 0.5) is 22.0 Å². The number of hydrogen-bond acceptors (Lipinski definition) is 5. The first-order valence-corrected chi connectivity index (χ1v) is 7.32. The van der Waals surface area contributed by atoms with Crippen LogP contribution in [0.25, 0.3) is 16.9 Å². The summed E-state index contributed by atoms with van der Waals surface area (Å²) in [4.78, 5) is 3.81. The maximum Gasteiger partial charge on any atom is 0.422 e. The van der Waals surface area contributed by atoms with Crippen molar-refractivity contribution < 1.29 is 26.7 Å². The normalized spacial score (nSPS) is 12.6. The average Bonchev–Trinajstić information content (AvgIpc) is 2.95. The van der Waals surface area contributed by atoms with Crippen molar-refractivity contribution in [2.24, 2.45) is 0 Å². The molecule has 3 aromatic rings. The summed E-state index contributed by atoms with van der Waals surface area (Å²) < 4.78 is 69.3. The molecule has 3 rings (SSSR count). The van der Waals surface area contributed by atoms with Crippen LogP contribution in [-0.2, 0) is 5.92 Å². The third-order valence-electron chi connectivity index (χ3n) is 3.40. The number of aryl methyl sites for hydroxylation is 1. The molecule has 0 bridgehead atoms. The van der Waals surface area contributed by atoms with Crippen molar-refractivity contribution >= 4 is 5.65 Å². The van der Waals surface area contributed by atoms with Gasteiger partial charge in [0, 0.05) is 24.8 Å². The number of aromatic nitrogens is 5. The highest BCUT2D eigenvalue weighted by Gasteiger charge is 2.32. The van der Waals surface area contributed by atoms with E-state index in [1.165, 1.54) is 24.4 Å². The van der Waals surface area contributed by atoms with Crippen LogP contribution in [-0.4, -0.2) is 37.6 Å². The molecule has 0 aliphatic heterocycles. The molecule has 0 fully saturated rings. The van der Waals surface area contributed by atoms with Crippen LogP contribution in [0.2, 0.25) is 0 Å². The van der Waals surface area contributed by atoms with Crippen LogP contribution < -0.4 is 4.74 Å². The van der Waals surface area contributed by atoms with Crippen LogP contribution >= 0.6 is 0 Å². The second-order valence-corrected chi connectivity index (χ2v) is 5.64. The number of alkyl halides is 5. The monoisotopic (exact) mass is 373 g/mol. The van der Waals surface area contributed by atoms with Crippen molar-refractivity contribution in [2.45, 2.75) is 25.9 Å². The highest BCUT2D eigenvalue weighted by Crippen LogP contribution is 2.28. The molecule has 0 aliphatic carbocycles. The quantitative estimate of drug-likeness (QED) is 0.655. The van der Waals surface area contributed by atoms with Gasteiger partial charge in [0.15, 0.2) is 12.3 Å². The fourth-order valence-electron chi connectivity index (χ4n) is 2.24. The molecule has 0 N–H and O–H groups in total. The molecule has 0 saturated heterocycles. The van der Waals surface area contributed by atoms with Gasteiger partial charge in [0.2, 0.25) is 11.7 Å². The van der Waals surface area contributed by atoms with E-state index >= 15 is 0 Å². The van der Waals surface area contributed by atoms with Crippen LogP contribution in [0.15, 0.2) is 24.4 Å². The first-order valence-electron chi connectivity index (χ1n) is 7.32. The molecule has 11 heteroatoms. The van der Waals surface area contributed by atoms with Crippen LogP contribution in [0.3, 0.4) is 0 Å². The lowest BCUT2D eigenvalue weighted by atomic mass is 10.1. The molecule has 3 aromatic heterocycles. The van der Waals surface area contributed by atoms with Crippen LogP contribution in [0.1, 0.15) is 18.3 Å². The molecule has 0 atom stereocenters. The maximum absolute atomic E-state index is 13.6. The van der Waals surface area contributed by atoms with E-state index in [0.717, 1.165) is 4.52 Å².